The van der Waals surface area contributed by atoms with Crippen molar-refractivity contribution in [3.8, 4) is 0 Å². The molecule has 0 heterocycles. The number of rotatable bonds is 3. The Morgan fingerprint density at radius 3 is 2.77 bits per heavy atom. The predicted octanol–water partition coefficient (Wildman–Crippen LogP) is 3.18. The third-order valence-corrected chi connectivity index (χ3v) is 3.42. The first-order valence-corrected chi connectivity index (χ1v) is 5.58. The minimum Gasteiger partial charge on any atom is -0.391 e. The Morgan fingerprint density at radius 2 is 2.23 bits per heavy atom. The summed E-state index contributed by atoms with van der Waals surface area (Å²) >= 11 is 0. The molecule has 3 atom stereocenters. The van der Waals surface area contributed by atoms with Crippen LogP contribution in [0.4, 0.5) is 0 Å². The molecule has 1 nitrogen and oxygen atoms in total. The zero-order valence-corrected chi connectivity index (χ0v) is 9.43. The van der Waals surface area contributed by atoms with E-state index in [9.17, 15) is 0 Å². The van der Waals surface area contributed by atoms with E-state index in [0.29, 0.717) is 0 Å². The summed E-state index contributed by atoms with van der Waals surface area (Å²) < 4.78 is 0. The molecular formula is C12H23N. The van der Waals surface area contributed by atoms with Crippen LogP contribution in [0, 0.1) is 17.8 Å². The van der Waals surface area contributed by atoms with Gasteiger partial charge in [-0.05, 0) is 24.7 Å². The number of hydrogen-bond donors (Lipinski definition) is 1. The van der Waals surface area contributed by atoms with E-state index in [2.05, 4.69) is 39.2 Å². The average Bonchev–Trinajstić information content (AvgIpc) is 2.16. The van der Waals surface area contributed by atoms with Crippen molar-refractivity contribution in [2.75, 3.05) is 7.05 Å². The maximum absolute atomic E-state index is 3.36. The minimum atomic E-state index is 0.766. The SMILES string of the molecule is CCC(C)C1CC[C@H](C)C=C1NC. The topological polar surface area (TPSA) is 12.0 Å². The Kier molecular flexibility index (Phi) is 3.83. The fraction of sp³-hybridized carbons (Fsp3) is 0.833. The second-order valence-electron chi connectivity index (χ2n) is 4.42. The zero-order valence-electron chi connectivity index (χ0n) is 9.43. The molecule has 0 bridgehead atoms. The summed E-state index contributed by atoms with van der Waals surface area (Å²) in [5, 5.41) is 3.36. The monoisotopic (exact) mass is 181 g/mol. The number of nitrogens with one attached hydrogen (secondary N) is 1. The molecule has 1 heteroatoms. The molecule has 1 rings (SSSR count). The Labute approximate surface area is 82.6 Å². The van der Waals surface area contributed by atoms with Gasteiger partial charge in [-0.1, -0.05) is 33.3 Å². The van der Waals surface area contributed by atoms with Crippen LogP contribution < -0.4 is 5.32 Å². The highest BCUT2D eigenvalue weighted by molar-refractivity contribution is 5.10. The molecule has 0 aliphatic heterocycles. The molecule has 0 radical (unpaired) electrons. The van der Waals surface area contributed by atoms with Gasteiger partial charge in [0.15, 0.2) is 0 Å². The number of allylic oxidation sites excluding steroid dienone is 2. The second-order valence-corrected chi connectivity index (χ2v) is 4.42. The summed E-state index contributed by atoms with van der Waals surface area (Å²) in [7, 11) is 2.05. The highest BCUT2D eigenvalue weighted by Gasteiger charge is 2.23. The summed E-state index contributed by atoms with van der Waals surface area (Å²) in [6, 6.07) is 0. The van der Waals surface area contributed by atoms with E-state index in [1.807, 2.05) is 0 Å². The lowest BCUT2D eigenvalue weighted by atomic mass is 9.79. The molecule has 0 amide bonds. The predicted molar refractivity (Wildman–Crippen MR) is 58.5 cm³/mol. The molecule has 0 aromatic heterocycles. The van der Waals surface area contributed by atoms with Crippen LogP contribution in [0.25, 0.3) is 0 Å². The van der Waals surface area contributed by atoms with Crippen molar-refractivity contribution in [1.29, 1.82) is 0 Å². The number of hydrogen-bond acceptors (Lipinski definition) is 1. The molecular weight excluding hydrogens is 158 g/mol. The summed E-state index contributed by atoms with van der Waals surface area (Å²) in [6.45, 7) is 6.96. The van der Waals surface area contributed by atoms with Crippen LogP contribution in [0.3, 0.4) is 0 Å². The minimum absolute atomic E-state index is 0.766. The maximum Gasteiger partial charge on any atom is 0.0100 e. The molecule has 0 saturated heterocycles. The van der Waals surface area contributed by atoms with Crippen LogP contribution in [-0.4, -0.2) is 7.05 Å². The average molecular weight is 181 g/mol. The van der Waals surface area contributed by atoms with Crippen molar-refractivity contribution in [2.24, 2.45) is 17.8 Å². The first-order valence-electron chi connectivity index (χ1n) is 5.58. The van der Waals surface area contributed by atoms with Crippen LogP contribution >= 0.6 is 0 Å². The molecule has 1 N–H and O–H groups in total. The van der Waals surface area contributed by atoms with E-state index in [4.69, 9.17) is 0 Å². The van der Waals surface area contributed by atoms with E-state index in [1.165, 1.54) is 25.0 Å². The summed E-state index contributed by atoms with van der Waals surface area (Å²) in [5.41, 5.74) is 1.48. The van der Waals surface area contributed by atoms with Gasteiger partial charge in [0, 0.05) is 18.7 Å². The van der Waals surface area contributed by atoms with Crippen molar-refractivity contribution >= 4 is 0 Å². The van der Waals surface area contributed by atoms with Gasteiger partial charge in [-0.2, -0.15) is 0 Å². The first-order chi connectivity index (χ1) is 6.19. The molecule has 2 unspecified atom stereocenters. The van der Waals surface area contributed by atoms with Crippen molar-refractivity contribution in [3.05, 3.63) is 11.8 Å². The highest BCUT2D eigenvalue weighted by Crippen LogP contribution is 2.33. The maximum atomic E-state index is 3.36. The fourth-order valence-corrected chi connectivity index (χ4v) is 2.26. The molecule has 13 heavy (non-hydrogen) atoms. The Morgan fingerprint density at radius 1 is 1.54 bits per heavy atom. The fourth-order valence-electron chi connectivity index (χ4n) is 2.26. The standard InChI is InChI=1S/C12H23N/c1-5-10(3)11-7-6-9(2)8-12(11)13-4/h8-11,13H,5-7H2,1-4H3/t9-,10?,11?/m0/s1. The van der Waals surface area contributed by atoms with Crippen LogP contribution in [0.1, 0.15) is 40.0 Å². The lowest BCUT2D eigenvalue weighted by Crippen LogP contribution is -2.26. The van der Waals surface area contributed by atoms with E-state index in [-0.39, 0.29) is 0 Å². The highest BCUT2D eigenvalue weighted by atomic mass is 14.8. The third kappa shape index (κ3) is 2.49. The second kappa shape index (κ2) is 4.69. The van der Waals surface area contributed by atoms with Crippen LogP contribution in [0.15, 0.2) is 11.8 Å². The molecule has 0 aromatic rings. The molecule has 0 aromatic carbocycles. The van der Waals surface area contributed by atoms with E-state index < -0.39 is 0 Å². The van der Waals surface area contributed by atoms with Gasteiger partial charge in [0.25, 0.3) is 0 Å². The van der Waals surface area contributed by atoms with Crippen LogP contribution in [-0.2, 0) is 0 Å². The quantitative estimate of drug-likeness (QED) is 0.705. The van der Waals surface area contributed by atoms with Gasteiger partial charge in [0.1, 0.15) is 0 Å². The zero-order chi connectivity index (χ0) is 9.84. The lowest BCUT2D eigenvalue weighted by Gasteiger charge is -2.31. The van der Waals surface area contributed by atoms with Gasteiger partial charge in [-0.25, -0.2) is 0 Å². The van der Waals surface area contributed by atoms with Crippen molar-refractivity contribution in [2.45, 2.75) is 40.0 Å². The smallest absolute Gasteiger partial charge is 0.0100 e. The van der Waals surface area contributed by atoms with E-state index >= 15 is 0 Å². The van der Waals surface area contributed by atoms with Crippen molar-refractivity contribution in [3.63, 3.8) is 0 Å². The van der Waals surface area contributed by atoms with Gasteiger partial charge in [0.2, 0.25) is 0 Å². The van der Waals surface area contributed by atoms with Gasteiger partial charge < -0.3 is 5.32 Å². The van der Waals surface area contributed by atoms with Crippen molar-refractivity contribution in [1.82, 2.24) is 5.32 Å². The van der Waals surface area contributed by atoms with Gasteiger partial charge in [-0.15, -0.1) is 0 Å². The molecule has 0 fully saturated rings. The van der Waals surface area contributed by atoms with Crippen molar-refractivity contribution < 1.29 is 0 Å². The molecule has 1 aliphatic rings. The first kappa shape index (κ1) is 10.6. The van der Waals surface area contributed by atoms with Gasteiger partial charge in [0.05, 0.1) is 0 Å². The Hall–Kier alpha value is -0.460. The molecule has 1 aliphatic carbocycles. The van der Waals surface area contributed by atoms with E-state index in [0.717, 1.165) is 17.8 Å². The van der Waals surface area contributed by atoms with Gasteiger partial charge in [-0.3, -0.25) is 0 Å². The Bertz CT molecular complexity index is 184. The summed E-state index contributed by atoms with van der Waals surface area (Å²) in [5.74, 6) is 2.38. The molecule has 0 spiro atoms. The largest absolute Gasteiger partial charge is 0.391 e. The van der Waals surface area contributed by atoms with Crippen LogP contribution in [0.5, 0.6) is 0 Å². The van der Waals surface area contributed by atoms with E-state index in [1.54, 1.807) is 0 Å². The summed E-state index contributed by atoms with van der Waals surface area (Å²) in [4.78, 5) is 0. The van der Waals surface area contributed by atoms with Crippen LogP contribution in [0.2, 0.25) is 0 Å². The molecule has 76 valence electrons. The molecule has 0 saturated carbocycles. The lowest BCUT2D eigenvalue weighted by molar-refractivity contribution is 0.322. The third-order valence-electron chi connectivity index (χ3n) is 3.42. The normalized spacial score (nSPS) is 30.9. The Balaban J connectivity index is 2.69. The van der Waals surface area contributed by atoms with Gasteiger partial charge >= 0.3 is 0 Å². The summed E-state index contributed by atoms with van der Waals surface area (Å²) in [6.07, 6.45) is 6.43.